The van der Waals surface area contributed by atoms with Crippen LogP contribution in [0.1, 0.15) is 40.0 Å². The average molecular weight is 264 g/mol. The zero-order valence-corrected chi connectivity index (χ0v) is 12.8. The molecule has 20 heavy (non-hydrogen) atoms. The van der Waals surface area contributed by atoms with E-state index < -0.39 is 0 Å². The molecule has 9 aliphatic rings. The summed E-state index contributed by atoms with van der Waals surface area (Å²) in [6, 6.07) is 0. The van der Waals surface area contributed by atoms with Crippen molar-refractivity contribution < 1.29 is 0 Å². The van der Waals surface area contributed by atoms with Gasteiger partial charge in [0.1, 0.15) is 0 Å². The molecule has 14 unspecified atom stereocenters. The van der Waals surface area contributed by atoms with Gasteiger partial charge in [0.05, 0.1) is 0 Å². The smallest absolute Gasteiger partial charge is 0.00944 e. The Bertz CT molecular complexity index is 709. The molecule has 0 radical (unpaired) electrons. The van der Waals surface area contributed by atoms with Crippen molar-refractivity contribution in [2.24, 2.45) is 80.3 Å². The first-order valence-electron chi connectivity index (χ1n) is 9.57. The maximum atomic E-state index is 2.78. The number of hydrogen-bond acceptors (Lipinski definition) is 0. The molecule has 9 saturated carbocycles. The van der Waals surface area contributed by atoms with Crippen LogP contribution in [0.15, 0.2) is 0 Å². The minimum absolute atomic E-state index is 0.823. The minimum Gasteiger partial charge on any atom is -0.0617 e. The van der Waals surface area contributed by atoms with Crippen LogP contribution >= 0.6 is 0 Å². The fourth-order valence-corrected chi connectivity index (χ4v) is 14.2. The van der Waals surface area contributed by atoms with Gasteiger partial charge < -0.3 is 0 Å². The first-order chi connectivity index (χ1) is 9.57. The lowest BCUT2D eigenvalue weighted by Crippen LogP contribution is -3.15. The fraction of sp³-hybridized carbons (Fsp3) is 1.00. The van der Waals surface area contributed by atoms with E-state index in [1.165, 1.54) is 47.3 Å². The fourth-order valence-electron chi connectivity index (χ4n) is 14.2. The third-order valence-electron chi connectivity index (χ3n) is 13.4. The Balaban J connectivity index is 1.39. The number of fused-ring (bicyclic) bond motifs is 5. The molecule has 9 rings (SSSR count). The molecule has 0 heteroatoms. The number of hydrogen-bond donors (Lipinski definition) is 0. The monoisotopic (exact) mass is 264 g/mol. The predicted octanol–water partition coefficient (Wildman–Crippen LogP) is 3.82. The highest BCUT2D eigenvalue weighted by molar-refractivity contribution is 5.64. The molecule has 0 aromatic rings. The first kappa shape index (κ1) is 9.21. The summed E-state index contributed by atoms with van der Waals surface area (Å²) < 4.78 is 0. The molecular formula is C20H24. The van der Waals surface area contributed by atoms with Crippen LogP contribution in [0.5, 0.6) is 0 Å². The Labute approximate surface area is 121 Å². The zero-order chi connectivity index (χ0) is 12.8. The largest absolute Gasteiger partial charge is 0.0617 e. The lowest BCUT2D eigenvalue weighted by atomic mass is 8.85. The molecule has 0 amide bonds. The van der Waals surface area contributed by atoms with Crippen LogP contribution in [0.3, 0.4) is 0 Å². The van der Waals surface area contributed by atoms with Crippen molar-refractivity contribution in [3.63, 3.8) is 0 Å². The van der Waals surface area contributed by atoms with E-state index in [0.29, 0.717) is 0 Å². The highest BCUT2D eigenvalue weighted by atomic mass is 15.2. The first-order valence-corrected chi connectivity index (χ1v) is 9.57. The molecule has 0 nitrogen and oxygen atoms in total. The van der Waals surface area contributed by atoms with Crippen LogP contribution in [0.25, 0.3) is 0 Å². The van der Waals surface area contributed by atoms with Crippen molar-refractivity contribution >= 4 is 0 Å². The van der Waals surface area contributed by atoms with Crippen LogP contribution in [-0.2, 0) is 0 Å². The van der Waals surface area contributed by atoms with Gasteiger partial charge in [0, 0.05) is 0 Å². The summed E-state index contributed by atoms with van der Waals surface area (Å²) in [5.41, 5.74) is 4.63. The topological polar surface area (TPSA) is 0 Å². The maximum absolute atomic E-state index is 2.78. The van der Waals surface area contributed by atoms with Gasteiger partial charge in [-0.25, -0.2) is 0 Å². The van der Waals surface area contributed by atoms with Gasteiger partial charge in [0.15, 0.2) is 0 Å². The minimum atomic E-state index is 0.823. The summed E-state index contributed by atoms with van der Waals surface area (Å²) in [5, 5.41) is 0. The van der Waals surface area contributed by atoms with Crippen molar-refractivity contribution in [3.05, 3.63) is 0 Å². The van der Waals surface area contributed by atoms with E-state index in [2.05, 4.69) is 20.8 Å². The summed E-state index contributed by atoms with van der Waals surface area (Å²) in [6.07, 6.45) is 4.99. The normalized spacial score (nSPS) is 101. The van der Waals surface area contributed by atoms with E-state index in [0.717, 1.165) is 33.0 Å². The molecule has 0 bridgehead atoms. The molecule has 3 spiro atoms. The number of rotatable bonds is 0. The third kappa shape index (κ3) is 0.323. The van der Waals surface area contributed by atoms with Gasteiger partial charge in [-0.2, -0.15) is 0 Å². The summed E-state index contributed by atoms with van der Waals surface area (Å²) in [6.45, 7) is 8.13. The highest BCUT2D eigenvalue weighted by Crippen LogP contribution is 3.21. The Kier molecular flexibility index (Phi) is 0.787. The van der Waals surface area contributed by atoms with Crippen LogP contribution in [-0.4, -0.2) is 0 Å². The van der Waals surface area contributed by atoms with Gasteiger partial charge in [-0.15, -0.1) is 0 Å². The van der Waals surface area contributed by atoms with Gasteiger partial charge in [0.2, 0.25) is 0 Å². The Hall–Kier alpha value is 0. The molecule has 9 fully saturated rings. The molecular weight excluding hydrogens is 240 g/mol. The Morgan fingerprint density at radius 1 is 0.750 bits per heavy atom. The standard InChI is InChI=1S/C20H24/c1-7-12-14-10-5-8-4-9-13-15-11-6-16(7,2)18(11,12)20(14,15)19(10,13)17(8,9)3/h7-15H,4-6H2,1-3H3. The van der Waals surface area contributed by atoms with Gasteiger partial charge in [0.25, 0.3) is 0 Å². The average Bonchev–Trinajstić information content (AvgIpc) is 2.47. The Morgan fingerprint density at radius 3 is 2.30 bits per heavy atom. The van der Waals surface area contributed by atoms with Crippen LogP contribution in [0, 0.1) is 80.3 Å². The van der Waals surface area contributed by atoms with Gasteiger partial charge in [-0.1, -0.05) is 20.8 Å². The molecule has 0 aromatic heterocycles. The summed E-state index contributed by atoms with van der Waals surface area (Å²) in [5.74, 6) is 11.0. The molecule has 0 aliphatic heterocycles. The van der Waals surface area contributed by atoms with Crippen molar-refractivity contribution in [1.29, 1.82) is 0 Å². The van der Waals surface area contributed by atoms with E-state index in [-0.39, 0.29) is 0 Å². The predicted molar refractivity (Wildman–Crippen MR) is 74.4 cm³/mol. The van der Waals surface area contributed by atoms with Crippen LogP contribution < -0.4 is 0 Å². The van der Waals surface area contributed by atoms with Gasteiger partial charge >= 0.3 is 0 Å². The molecule has 14 atom stereocenters. The lowest BCUT2D eigenvalue weighted by molar-refractivity contribution is -0.723. The molecule has 0 heterocycles. The van der Waals surface area contributed by atoms with Crippen molar-refractivity contribution in [1.82, 2.24) is 0 Å². The van der Waals surface area contributed by atoms with Crippen LogP contribution in [0.2, 0.25) is 0 Å². The van der Waals surface area contributed by atoms with E-state index in [1.807, 2.05) is 0 Å². The zero-order valence-electron chi connectivity index (χ0n) is 12.8. The summed E-state index contributed by atoms with van der Waals surface area (Å²) in [7, 11) is 0. The Morgan fingerprint density at radius 2 is 1.45 bits per heavy atom. The van der Waals surface area contributed by atoms with Crippen molar-refractivity contribution in [2.75, 3.05) is 0 Å². The van der Waals surface area contributed by atoms with E-state index in [9.17, 15) is 0 Å². The molecule has 0 N–H and O–H groups in total. The van der Waals surface area contributed by atoms with Crippen molar-refractivity contribution in [3.8, 4) is 0 Å². The van der Waals surface area contributed by atoms with Crippen molar-refractivity contribution in [2.45, 2.75) is 40.0 Å². The summed E-state index contributed by atoms with van der Waals surface area (Å²) >= 11 is 0. The van der Waals surface area contributed by atoms with E-state index in [1.54, 1.807) is 19.3 Å². The SMILES string of the molecule is CC1C2C3C4CC5CC6C7C8C9CC1(C)C92C38C47C56C. The van der Waals surface area contributed by atoms with Crippen LogP contribution in [0.4, 0.5) is 0 Å². The third-order valence-corrected chi connectivity index (χ3v) is 13.4. The molecule has 0 saturated heterocycles. The second kappa shape index (κ2) is 1.71. The quantitative estimate of drug-likeness (QED) is 0.624. The van der Waals surface area contributed by atoms with E-state index >= 15 is 0 Å². The molecule has 9 aliphatic carbocycles. The second-order valence-electron chi connectivity index (χ2n) is 11.4. The maximum Gasteiger partial charge on any atom is -0.00944 e. The van der Waals surface area contributed by atoms with Gasteiger partial charge in [-0.05, 0) is 99.6 Å². The van der Waals surface area contributed by atoms with E-state index in [4.69, 9.17) is 0 Å². The summed E-state index contributed by atoms with van der Waals surface area (Å²) in [4.78, 5) is 0. The highest BCUT2D eigenvalue weighted by Gasteiger charge is 3.18. The molecule has 0 aromatic carbocycles. The second-order valence-corrected chi connectivity index (χ2v) is 11.4. The van der Waals surface area contributed by atoms with Gasteiger partial charge in [-0.3, -0.25) is 0 Å². The molecule has 104 valence electrons. The lowest BCUT2D eigenvalue weighted by Gasteiger charge is -3.18.